The molecule has 0 aromatic carbocycles. The fraction of sp³-hybridized carbons (Fsp3) is 0.636. The molecule has 1 aliphatic rings. The van der Waals surface area contributed by atoms with Crippen molar-refractivity contribution in [1.29, 1.82) is 0 Å². The molecule has 1 saturated heterocycles. The smallest absolute Gasteiger partial charge is 0.118 e. The highest BCUT2D eigenvalue weighted by molar-refractivity contribution is 5.31. The van der Waals surface area contributed by atoms with Crippen LogP contribution in [0, 0.1) is 0 Å². The van der Waals surface area contributed by atoms with Gasteiger partial charge in [0.25, 0.3) is 0 Å². The first-order valence-corrected chi connectivity index (χ1v) is 4.82. The zero-order valence-electron chi connectivity index (χ0n) is 8.98. The minimum Gasteiger partial charge on any atom is -0.492 e. The number of ether oxygens (including phenoxy) is 1. The Morgan fingerprint density at radius 1 is 1.54 bits per heavy atom. The van der Waals surface area contributed by atoms with Crippen LogP contribution in [0.25, 0.3) is 0 Å². The topological polar surface area (TPSA) is 21.3 Å². The van der Waals surface area contributed by atoms with Gasteiger partial charge >= 0.3 is 0 Å². The normalized spacial score (nSPS) is 26.0. The van der Waals surface area contributed by atoms with E-state index in [1.807, 2.05) is 20.0 Å². The van der Waals surface area contributed by atoms with E-state index in [1.54, 1.807) is 0 Å². The summed E-state index contributed by atoms with van der Waals surface area (Å²) in [5.74, 6) is 1.06. The average Bonchev–Trinajstić information content (AvgIpc) is 2.16. The Balaban J connectivity index is 2.82. The molecule has 0 radical (unpaired) electrons. The summed E-state index contributed by atoms with van der Waals surface area (Å²) < 4.78 is 5.65. The molecule has 13 heavy (non-hydrogen) atoms. The Bertz CT molecular complexity index is 236. The molecule has 0 aromatic rings. The molecule has 1 unspecified atom stereocenters. The van der Waals surface area contributed by atoms with Crippen molar-refractivity contribution in [3.05, 3.63) is 23.0 Å². The van der Waals surface area contributed by atoms with Crippen LogP contribution in [-0.4, -0.2) is 19.7 Å². The van der Waals surface area contributed by atoms with E-state index in [0.29, 0.717) is 6.04 Å². The van der Waals surface area contributed by atoms with Crippen molar-refractivity contribution in [3.8, 4) is 0 Å². The van der Waals surface area contributed by atoms with Gasteiger partial charge in [0.2, 0.25) is 0 Å². The number of hydrogen-bond acceptors (Lipinski definition) is 2. The first-order chi connectivity index (χ1) is 6.19. The minimum absolute atomic E-state index is 0.466. The Kier molecular flexibility index (Phi) is 3.55. The highest BCUT2D eigenvalue weighted by Gasteiger charge is 2.20. The summed E-state index contributed by atoms with van der Waals surface area (Å²) in [6.45, 7) is 7.09. The van der Waals surface area contributed by atoms with Crippen LogP contribution in [-0.2, 0) is 4.74 Å². The van der Waals surface area contributed by atoms with Gasteiger partial charge in [-0.1, -0.05) is 5.57 Å². The number of allylic oxidation sites excluding steroid dienone is 3. The summed E-state index contributed by atoms with van der Waals surface area (Å²) in [5, 5.41) is 3.25. The van der Waals surface area contributed by atoms with Gasteiger partial charge in [0.05, 0.1) is 0 Å². The van der Waals surface area contributed by atoms with E-state index in [2.05, 4.69) is 19.2 Å². The maximum Gasteiger partial charge on any atom is 0.118 e. The van der Waals surface area contributed by atoms with Gasteiger partial charge in [-0.3, -0.25) is 0 Å². The molecule has 0 bridgehead atoms. The average molecular weight is 181 g/mol. The summed E-state index contributed by atoms with van der Waals surface area (Å²) in [4.78, 5) is 0. The lowest BCUT2D eigenvalue weighted by Gasteiger charge is -2.28. The SMILES string of the molecule is C/C=C1/OCC(NC)CC1=C(C)C. The molecule has 1 N–H and O–H groups in total. The van der Waals surface area contributed by atoms with E-state index < -0.39 is 0 Å². The number of likely N-dealkylation sites (N-methyl/N-ethyl adjacent to an activating group) is 1. The molecule has 0 saturated carbocycles. The molecule has 1 heterocycles. The van der Waals surface area contributed by atoms with Gasteiger partial charge in [-0.15, -0.1) is 0 Å². The summed E-state index contributed by atoms with van der Waals surface area (Å²) >= 11 is 0. The predicted octanol–water partition coefficient (Wildman–Crippen LogP) is 2.23. The largest absolute Gasteiger partial charge is 0.492 e. The lowest BCUT2D eigenvalue weighted by Crippen LogP contribution is -2.34. The molecule has 1 atom stereocenters. The maximum absolute atomic E-state index is 5.65. The molecular weight excluding hydrogens is 162 g/mol. The summed E-state index contributed by atoms with van der Waals surface area (Å²) in [5.41, 5.74) is 2.71. The van der Waals surface area contributed by atoms with Crippen LogP contribution in [0.3, 0.4) is 0 Å². The highest BCUT2D eigenvalue weighted by atomic mass is 16.5. The molecule has 1 rings (SSSR count). The second-order valence-corrected chi connectivity index (χ2v) is 3.63. The number of nitrogens with one attached hydrogen (secondary N) is 1. The predicted molar refractivity (Wildman–Crippen MR) is 55.5 cm³/mol. The Morgan fingerprint density at radius 2 is 2.23 bits per heavy atom. The zero-order chi connectivity index (χ0) is 9.84. The summed E-state index contributed by atoms with van der Waals surface area (Å²) in [6, 6.07) is 0.466. The van der Waals surface area contributed by atoms with E-state index in [0.717, 1.165) is 18.8 Å². The number of hydrogen-bond donors (Lipinski definition) is 1. The fourth-order valence-corrected chi connectivity index (χ4v) is 1.58. The standard InChI is InChI=1S/C11H19NO/c1-5-11-10(8(2)3)6-9(12-4)7-13-11/h5,9,12H,6-7H2,1-4H3/b11-5+. The lowest BCUT2D eigenvalue weighted by atomic mass is 9.98. The minimum atomic E-state index is 0.466. The Hall–Kier alpha value is -0.760. The zero-order valence-corrected chi connectivity index (χ0v) is 8.98. The highest BCUT2D eigenvalue weighted by Crippen LogP contribution is 2.26. The molecule has 0 amide bonds. The van der Waals surface area contributed by atoms with E-state index in [1.165, 1.54) is 11.1 Å². The van der Waals surface area contributed by atoms with Crippen LogP contribution in [0.15, 0.2) is 23.0 Å². The third-order valence-corrected chi connectivity index (χ3v) is 2.46. The van der Waals surface area contributed by atoms with Crippen molar-refractivity contribution >= 4 is 0 Å². The van der Waals surface area contributed by atoms with Crippen LogP contribution in [0.4, 0.5) is 0 Å². The van der Waals surface area contributed by atoms with Crippen LogP contribution in [0.5, 0.6) is 0 Å². The van der Waals surface area contributed by atoms with Crippen molar-refractivity contribution in [2.24, 2.45) is 0 Å². The van der Waals surface area contributed by atoms with Gasteiger partial charge in [-0.25, -0.2) is 0 Å². The fourth-order valence-electron chi connectivity index (χ4n) is 1.58. The van der Waals surface area contributed by atoms with Crippen molar-refractivity contribution < 1.29 is 4.74 Å². The third-order valence-electron chi connectivity index (χ3n) is 2.46. The van der Waals surface area contributed by atoms with Crippen LogP contribution >= 0.6 is 0 Å². The van der Waals surface area contributed by atoms with Gasteiger partial charge in [0.1, 0.15) is 12.4 Å². The van der Waals surface area contributed by atoms with Gasteiger partial charge in [0.15, 0.2) is 0 Å². The molecule has 2 nitrogen and oxygen atoms in total. The molecular formula is C11H19NO. The van der Waals surface area contributed by atoms with Gasteiger partial charge in [0, 0.05) is 6.04 Å². The molecule has 1 aliphatic heterocycles. The van der Waals surface area contributed by atoms with Crippen LogP contribution in [0.2, 0.25) is 0 Å². The van der Waals surface area contributed by atoms with Crippen molar-refractivity contribution in [3.63, 3.8) is 0 Å². The van der Waals surface area contributed by atoms with Crippen molar-refractivity contribution in [1.82, 2.24) is 5.32 Å². The summed E-state index contributed by atoms with van der Waals surface area (Å²) in [7, 11) is 1.98. The molecule has 1 fully saturated rings. The molecule has 0 aromatic heterocycles. The Labute approximate surface area is 80.7 Å². The quantitative estimate of drug-likeness (QED) is 0.670. The first-order valence-electron chi connectivity index (χ1n) is 4.82. The summed E-state index contributed by atoms with van der Waals surface area (Å²) in [6.07, 6.45) is 3.13. The third kappa shape index (κ3) is 2.34. The molecule has 74 valence electrons. The van der Waals surface area contributed by atoms with Gasteiger partial charge in [-0.05, 0) is 45.9 Å². The van der Waals surface area contributed by atoms with Gasteiger partial charge in [-0.2, -0.15) is 0 Å². The van der Waals surface area contributed by atoms with Gasteiger partial charge < -0.3 is 10.1 Å². The Morgan fingerprint density at radius 3 is 2.69 bits per heavy atom. The van der Waals surface area contributed by atoms with E-state index >= 15 is 0 Å². The molecule has 0 spiro atoms. The van der Waals surface area contributed by atoms with E-state index in [4.69, 9.17) is 4.74 Å². The first kappa shape index (κ1) is 10.3. The van der Waals surface area contributed by atoms with Crippen molar-refractivity contribution in [2.45, 2.75) is 33.2 Å². The van der Waals surface area contributed by atoms with E-state index in [9.17, 15) is 0 Å². The second-order valence-electron chi connectivity index (χ2n) is 3.63. The van der Waals surface area contributed by atoms with Crippen LogP contribution < -0.4 is 5.32 Å². The molecule has 0 aliphatic carbocycles. The van der Waals surface area contributed by atoms with Crippen LogP contribution in [0.1, 0.15) is 27.2 Å². The van der Waals surface area contributed by atoms with E-state index in [-0.39, 0.29) is 0 Å². The lowest BCUT2D eigenvalue weighted by molar-refractivity contribution is 0.162. The van der Waals surface area contributed by atoms with Crippen molar-refractivity contribution in [2.75, 3.05) is 13.7 Å². The maximum atomic E-state index is 5.65. The monoisotopic (exact) mass is 181 g/mol. The molecule has 2 heteroatoms. The number of rotatable bonds is 1. The second kappa shape index (κ2) is 4.47.